The number of nitrogens with zero attached hydrogens (tertiary/aromatic N) is 1. The third-order valence-electron chi connectivity index (χ3n) is 3.92. The maximum atomic E-state index is 9.24. The van der Waals surface area contributed by atoms with Crippen molar-refractivity contribution in [1.29, 1.82) is 0 Å². The predicted molar refractivity (Wildman–Crippen MR) is 80.8 cm³/mol. The maximum Gasteiger partial charge on any atom is 0.134 e. The molecule has 4 heteroatoms. The first kappa shape index (κ1) is 14.3. The van der Waals surface area contributed by atoms with Crippen LogP contribution in [0.4, 0.5) is 0 Å². The third kappa shape index (κ3) is 3.35. The third-order valence-corrected chi connectivity index (χ3v) is 3.92. The van der Waals surface area contributed by atoms with Crippen LogP contribution < -0.4 is 0 Å². The molecule has 1 N–H and O–H groups in total. The lowest BCUT2D eigenvalue weighted by Crippen LogP contribution is -2.48. The summed E-state index contributed by atoms with van der Waals surface area (Å²) >= 11 is 0. The molecule has 21 heavy (non-hydrogen) atoms. The Balaban J connectivity index is 1.69. The minimum atomic E-state index is -0.0928. The van der Waals surface area contributed by atoms with Gasteiger partial charge in [-0.25, -0.2) is 0 Å². The van der Waals surface area contributed by atoms with Gasteiger partial charge in [0.25, 0.3) is 0 Å². The molecule has 0 amide bonds. The van der Waals surface area contributed by atoms with E-state index in [1.165, 1.54) is 0 Å². The van der Waals surface area contributed by atoms with Crippen molar-refractivity contribution in [2.75, 3.05) is 19.8 Å². The second kappa shape index (κ2) is 6.43. The smallest absolute Gasteiger partial charge is 0.134 e. The Morgan fingerprint density at radius 3 is 2.76 bits per heavy atom. The number of benzene rings is 1. The minimum absolute atomic E-state index is 0.0661. The normalized spacial score (nSPS) is 23.3. The van der Waals surface area contributed by atoms with Gasteiger partial charge in [-0.2, -0.15) is 0 Å². The van der Waals surface area contributed by atoms with Gasteiger partial charge in [0.15, 0.2) is 0 Å². The molecule has 1 aliphatic heterocycles. The molecule has 0 radical (unpaired) electrons. The summed E-state index contributed by atoms with van der Waals surface area (Å²) in [6, 6.07) is 14.5. The summed E-state index contributed by atoms with van der Waals surface area (Å²) in [5.74, 6) is 1.84. The van der Waals surface area contributed by atoms with Gasteiger partial charge >= 0.3 is 0 Å². The highest BCUT2D eigenvalue weighted by atomic mass is 16.5. The van der Waals surface area contributed by atoms with Crippen LogP contribution in [0.15, 0.2) is 46.9 Å². The molecular weight excluding hydrogens is 266 g/mol. The van der Waals surface area contributed by atoms with E-state index in [0.29, 0.717) is 12.6 Å². The van der Waals surface area contributed by atoms with Gasteiger partial charge in [0.2, 0.25) is 0 Å². The molecule has 1 aromatic heterocycles. The Hall–Kier alpha value is -1.62. The first-order valence-electron chi connectivity index (χ1n) is 7.37. The van der Waals surface area contributed by atoms with Crippen LogP contribution in [0.3, 0.4) is 0 Å². The van der Waals surface area contributed by atoms with Crippen molar-refractivity contribution in [3.8, 4) is 11.3 Å². The monoisotopic (exact) mass is 287 g/mol. The Bertz CT molecular complexity index is 566. The standard InChI is InChI=1S/C17H21NO3/c1-13-12-20-16(11-19)10-18(13)9-15-7-8-17(21-15)14-5-3-2-4-6-14/h2-8,13,16,19H,9-12H2,1H3/t13-,16+/m0/s1. The zero-order chi connectivity index (χ0) is 14.7. The van der Waals surface area contributed by atoms with E-state index in [2.05, 4.69) is 11.8 Å². The van der Waals surface area contributed by atoms with Crippen LogP contribution >= 0.6 is 0 Å². The highest BCUT2D eigenvalue weighted by Crippen LogP contribution is 2.23. The highest BCUT2D eigenvalue weighted by Gasteiger charge is 2.26. The van der Waals surface area contributed by atoms with Crippen molar-refractivity contribution in [3.63, 3.8) is 0 Å². The van der Waals surface area contributed by atoms with Crippen molar-refractivity contribution in [2.24, 2.45) is 0 Å². The van der Waals surface area contributed by atoms with Gasteiger partial charge in [-0.05, 0) is 19.1 Å². The number of aliphatic hydroxyl groups is 1. The van der Waals surface area contributed by atoms with Gasteiger partial charge in [0.05, 0.1) is 25.9 Å². The molecule has 2 heterocycles. The number of furan rings is 1. The van der Waals surface area contributed by atoms with E-state index in [0.717, 1.165) is 30.2 Å². The van der Waals surface area contributed by atoms with Gasteiger partial charge in [-0.15, -0.1) is 0 Å². The average molecular weight is 287 g/mol. The number of rotatable bonds is 4. The summed E-state index contributed by atoms with van der Waals surface area (Å²) in [5.41, 5.74) is 1.09. The molecule has 1 fully saturated rings. The zero-order valence-electron chi connectivity index (χ0n) is 12.2. The molecule has 0 spiro atoms. The van der Waals surface area contributed by atoms with Crippen LogP contribution in [0.5, 0.6) is 0 Å². The molecule has 0 saturated carbocycles. The van der Waals surface area contributed by atoms with Crippen molar-refractivity contribution in [1.82, 2.24) is 4.90 Å². The van der Waals surface area contributed by atoms with Crippen LogP contribution in [0.25, 0.3) is 11.3 Å². The van der Waals surface area contributed by atoms with E-state index in [1.807, 2.05) is 42.5 Å². The van der Waals surface area contributed by atoms with E-state index in [-0.39, 0.29) is 12.7 Å². The Kier molecular flexibility index (Phi) is 4.39. The Morgan fingerprint density at radius 2 is 2.00 bits per heavy atom. The number of hydrogen-bond acceptors (Lipinski definition) is 4. The molecule has 1 saturated heterocycles. The second-order valence-corrected chi connectivity index (χ2v) is 5.55. The fourth-order valence-corrected chi connectivity index (χ4v) is 2.63. The molecule has 3 rings (SSSR count). The van der Waals surface area contributed by atoms with Crippen LogP contribution in [-0.4, -0.2) is 41.9 Å². The minimum Gasteiger partial charge on any atom is -0.460 e. The molecule has 0 unspecified atom stereocenters. The Labute approximate surface area is 124 Å². The van der Waals surface area contributed by atoms with Crippen LogP contribution in [0.2, 0.25) is 0 Å². The van der Waals surface area contributed by atoms with Crippen molar-refractivity contribution >= 4 is 0 Å². The number of aliphatic hydroxyl groups excluding tert-OH is 1. The average Bonchev–Trinajstić information content (AvgIpc) is 2.99. The summed E-state index contributed by atoms with van der Waals surface area (Å²) in [7, 11) is 0. The maximum absolute atomic E-state index is 9.24. The largest absolute Gasteiger partial charge is 0.460 e. The van der Waals surface area contributed by atoms with Gasteiger partial charge in [0.1, 0.15) is 11.5 Å². The fraction of sp³-hybridized carbons (Fsp3) is 0.412. The molecular formula is C17H21NO3. The SMILES string of the molecule is C[C@H]1CO[C@@H](CO)CN1Cc1ccc(-c2ccccc2)o1. The first-order valence-corrected chi connectivity index (χ1v) is 7.37. The molecule has 2 atom stereocenters. The van der Waals surface area contributed by atoms with Crippen molar-refractivity contribution in [2.45, 2.75) is 25.6 Å². The van der Waals surface area contributed by atoms with E-state index < -0.39 is 0 Å². The summed E-state index contributed by atoms with van der Waals surface area (Å²) in [6.07, 6.45) is -0.0928. The molecule has 112 valence electrons. The topological polar surface area (TPSA) is 45.8 Å². The molecule has 1 aromatic carbocycles. The van der Waals surface area contributed by atoms with E-state index in [1.54, 1.807) is 0 Å². The molecule has 2 aromatic rings. The van der Waals surface area contributed by atoms with Gasteiger partial charge in [-0.1, -0.05) is 30.3 Å². The van der Waals surface area contributed by atoms with Crippen LogP contribution in [-0.2, 0) is 11.3 Å². The van der Waals surface area contributed by atoms with E-state index >= 15 is 0 Å². The zero-order valence-corrected chi connectivity index (χ0v) is 12.2. The lowest BCUT2D eigenvalue weighted by atomic mass is 10.2. The van der Waals surface area contributed by atoms with Gasteiger partial charge in [-0.3, -0.25) is 4.90 Å². The van der Waals surface area contributed by atoms with Gasteiger partial charge < -0.3 is 14.3 Å². The quantitative estimate of drug-likeness (QED) is 0.938. The molecule has 1 aliphatic rings. The summed E-state index contributed by atoms with van der Waals surface area (Å²) in [6.45, 7) is 4.33. The van der Waals surface area contributed by atoms with E-state index in [4.69, 9.17) is 9.15 Å². The lowest BCUT2D eigenvalue weighted by Gasteiger charge is -2.36. The fourth-order valence-electron chi connectivity index (χ4n) is 2.63. The van der Waals surface area contributed by atoms with Crippen LogP contribution in [0.1, 0.15) is 12.7 Å². The highest BCUT2D eigenvalue weighted by molar-refractivity contribution is 5.57. The van der Waals surface area contributed by atoms with Crippen molar-refractivity contribution in [3.05, 3.63) is 48.2 Å². The van der Waals surface area contributed by atoms with Crippen LogP contribution in [0, 0.1) is 0 Å². The molecule has 4 nitrogen and oxygen atoms in total. The molecule has 0 aliphatic carbocycles. The van der Waals surface area contributed by atoms with E-state index in [9.17, 15) is 5.11 Å². The first-order chi connectivity index (χ1) is 10.3. The molecule has 0 bridgehead atoms. The van der Waals surface area contributed by atoms with Gasteiger partial charge in [0, 0.05) is 18.2 Å². The summed E-state index contributed by atoms with van der Waals surface area (Å²) in [4.78, 5) is 2.29. The number of morpholine rings is 1. The summed E-state index contributed by atoms with van der Waals surface area (Å²) in [5, 5.41) is 9.24. The second-order valence-electron chi connectivity index (χ2n) is 5.55. The number of hydrogen-bond donors (Lipinski definition) is 1. The van der Waals surface area contributed by atoms with Crippen molar-refractivity contribution < 1.29 is 14.3 Å². The Morgan fingerprint density at radius 1 is 1.19 bits per heavy atom. The lowest BCUT2D eigenvalue weighted by molar-refractivity contribution is -0.0819. The number of ether oxygens (including phenoxy) is 1. The summed E-state index contributed by atoms with van der Waals surface area (Å²) < 4.78 is 11.5. The predicted octanol–water partition coefficient (Wildman–Crippen LogP) is 2.53.